The molecule has 1 amide bonds. The normalized spacial score (nSPS) is 12.1. The number of anilines is 1. The Kier molecular flexibility index (Phi) is 5.61. The Labute approximate surface area is 156 Å². The van der Waals surface area contributed by atoms with Crippen molar-refractivity contribution in [1.29, 1.82) is 0 Å². The van der Waals surface area contributed by atoms with Gasteiger partial charge in [-0.05, 0) is 43.3 Å². The van der Waals surface area contributed by atoms with Crippen molar-refractivity contribution in [1.82, 2.24) is 9.13 Å². The molecule has 0 aliphatic heterocycles. The lowest BCUT2D eigenvalue weighted by molar-refractivity contribution is -0.114. The van der Waals surface area contributed by atoms with E-state index < -0.39 is 6.10 Å². The van der Waals surface area contributed by atoms with Crippen LogP contribution in [-0.4, -0.2) is 32.9 Å². The maximum absolute atomic E-state index is 12.6. The van der Waals surface area contributed by atoms with Crippen molar-refractivity contribution in [2.75, 3.05) is 11.9 Å². The monoisotopic (exact) mass is 369 g/mol. The van der Waals surface area contributed by atoms with Crippen LogP contribution in [0.5, 0.6) is 5.75 Å². The molecule has 3 aromatic rings. The molecule has 0 aliphatic carbocycles. The Morgan fingerprint density at radius 2 is 1.74 bits per heavy atom. The Balaban J connectivity index is 1.67. The van der Waals surface area contributed by atoms with Crippen molar-refractivity contribution >= 4 is 22.6 Å². The second-order valence-electron chi connectivity index (χ2n) is 6.30. The predicted octanol–water partition coefficient (Wildman–Crippen LogP) is 2.22. The summed E-state index contributed by atoms with van der Waals surface area (Å²) in [5.74, 6) is 0.433. The average Bonchev–Trinajstić information content (AvgIpc) is 2.92. The fourth-order valence-electron chi connectivity index (χ4n) is 3.05. The van der Waals surface area contributed by atoms with Crippen molar-refractivity contribution < 1.29 is 14.6 Å². The molecule has 27 heavy (non-hydrogen) atoms. The Morgan fingerprint density at radius 1 is 1.11 bits per heavy atom. The van der Waals surface area contributed by atoms with Crippen LogP contribution in [0, 0.1) is 0 Å². The lowest BCUT2D eigenvalue weighted by Crippen LogP contribution is -2.31. The summed E-state index contributed by atoms with van der Waals surface area (Å²) in [7, 11) is 0. The van der Waals surface area contributed by atoms with Crippen LogP contribution in [0.3, 0.4) is 0 Å². The number of amides is 1. The van der Waals surface area contributed by atoms with Crippen LogP contribution in [0.4, 0.5) is 5.69 Å². The zero-order valence-electron chi connectivity index (χ0n) is 15.4. The van der Waals surface area contributed by atoms with E-state index in [-0.39, 0.29) is 24.7 Å². The van der Waals surface area contributed by atoms with E-state index >= 15 is 0 Å². The van der Waals surface area contributed by atoms with E-state index in [0.29, 0.717) is 18.0 Å². The fourth-order valence-corrected chi connectivity index (χ4v) is 3.05. The first kappa shape index (κ1) is 18.7. The van der Waals surface area contributed by atoms with Gasteiger partial charge in [-0.3, -0.25) is 13.9 Å². The molecule has 0 spiro atoms. The van der Waals surface area contributed by atoms with Gasteiger partial charge < -0.3 is 15.2 Å². The number of para-hydroxylation sites is 2. The molecular weight excluding hydrogens is 346 g/mol. The number of imidazole rings is 1. The minimum Gasteiger partial charge on any atom is -0.491 e. The zero-order valence-corrected chi connectivity index (χ0v) is 15.4. The van der Waals surface area contributed by atoms with Gasteiger partial charge in [0.1, 0.15) is 18.5 Å². The Morgan fingerprint density at radius 3 is 2.33 bits per heavy atom. The maximum Gasteiger partial charge on any atom is 0.329 e. The first-order chi connectivity index (χ1) is 13.0. The standard InChI is InChI=1S/C20H23N3O4/c1-3-22-18-6-4-5-7-19(18)23(20(22)26)12-16(25)13-27-17-10-8-15(9-11-17)21-14(2)24/h4-11,16,25H,3,12-13H2,1-2H3,(H,21,24)/t16-/m1/s1. The molecule has 2 N–H and O–H groups in total. The van der Waals surface area contributed by atoms with E-state index in [0.717, 1.165) is 11.0 Å². The summed E-state index contributed by atoms with van der Waals surface area (Å²) in [6.45, 7) is 4.13. The van der Waals surface area contributed by atoms with Gasteiger partial charge in [-0.1, -0.05) is 12.1 Å². The van der Waals surface area contributed by atoms with E-state index in [1.807, 2.05) is 31.2 Å². The number of nitrogens with one attached hydrogen (secondary N) is 1. The topological polar surface area (TPSA) is 85.5 Å². The molecule has 1 heterocycles. The lowest BCUT2D eigenvalue weighted by Gasteiger charge is -2.13. The van der Waals surface area contributed by atoms with Crippen LogP contribution in [0.1, 0.15) is 13.8 Å². The first-order valence-corrected chi connectivity index (χ1v) is 8.86. The molecule has 0 bridgehead atoms. The molecule has 7 heteroatoms. The number of aliphatic hydroxyl groups excluding tert-OH is 1. The number of nitrogens with zero attached hydrogens (tertiary/aromatic N) is 2. The summed E-state index contributed by atoms with van der Waals surface area (Å²) < 4.78 is 8.86. The molecule has 0 fully saturated rings. The number of hydrogen-bond donors (Lipinski definition) is 2. The molecule has 142 valence electrons. The first-order valence-electron chi connectivity index (χ1n) is 8.86. The summed E-state index contributed by atoms with van der Waals surface area (Å²) >= 11 is 0. The van der Waals surface area contributed by atoms with Crippen LogP contribution in [-0.2, 0) is 17.9 Å². The third-order valence-electron chi connectivity index (χ3n) is 4.25. The molecule has 2 aromatic carbocycles. The van der Waals surface area contributed by atoms with Crippen molar-refractivity contribution in [2.24, 2.45) is 0 Å². The van der Waals surface area contributed by atoms with Crippen LogP contribution in [0.25, 0.3) is 11.0 Å². The summed E-state index contributed by atoms with van der Waals surface area (Å²) in [5.41, 5.74) is 2.18. The quantitative estimate of drug-likeness (QED) is 0.669. The van der Waals surface area contributed by atoms with Crippen molar-refractivity contribution in [3.05, 3.63) is 59.0 Å². The molecule has 0 saturated carbocycles. The largest absolute Gasteiger partial charge is 0.491 e. The van der Waals surface area contributed by atoms with E-state index in [1.165, 1.54) is 6.92 Å². The number of aromatic nitrogens is 2. The van der Waals surface area contributed by atoms with Gasteiger partial charge in [-0.25, -0.2) is 4.79 Å². The number of ether oxygens (including phenoxy) is 1. The summed E-state index contributed by atoms with van der Waals surface area (Å²) in [6, 6.07) is 14.4. The van der Waals surface area contributed by atoms with Crippen LogP contribution < -0.4 is 15.7 Å². The van der Waals surface area contributed by atoms with Gasteiger partial charge in [0, 0.05) is 19.2 Å². The number of hydrogen-bond acceptors (Lipinski definition) is 4. The zero-order chi connectivity index (χ0) is 19.4. The molecule has 3 rings (SSSR count). The smallest absolute Gasteiger partial charge is 0.329 e. The Hall–Kier alpha value is -3.06. The molecule has 0 unspecified atom stereocenters. The van der Waals surface area contributed by atoms with Crippen molar-refractivity contribution in [3.8, 4) is 5.75 Å². The molecule has 0 radical (unpaired) electrons. The van der Waals surface area contributed by atoms with Crippen LogP contribution >= 0.6 is 0 Å². The predicted molar refractivity (Wildman–Crippen MR) is 104 cm³/mol. The lowest BCUT2D eigenvalue weighted by atomic mass is 10.3. The summed E-state index contributed by atoms with van der Waals surface area (Å²) in [6.07, 6.45) is -0.839. The number of rotatable bonds is 7. The van der Waals surface area contributed by atoms with E-state index in [2.05, 4.69) is 5.32 Å². The number of fused-ring (bicyclic) bond motifs is 1. The van der Waals surface area contributed by atoms with E-state index in [4.69, 9.17) is 4.74 Å². The highest BCUT2D eigenvalue weighted by molar-refractivity contribution is 5.88. The highest BCUT2D eigenvalue weighted by atomic mass is 16.5. The second kappa shape index (κ2) is 8.09. The third-order valence-corrected chi connectivity index (χ3v) is 4.25. The van der Waals surface area contributed by atoms with Gasteiger partial charge in [-0.2, -0.15) is 0 Å². The molecule has 1 atom stereocenters. The highest BCUT2D eigenvalue weighted by Crippen LogP contribution is 2.17. The SMILES string of the molecule is CCn1c(=O)n(C[C@@H](O)COc2ccc(NC(C)=O)cc2)c2ccccc21. The van der Waals surface area contributed by atoms with Crippen LogP contribution in [0.2, 0.25) is 0 Å². The van der Waals surface area contributed by atoms with Gasteiger partial charge in [0.2, 0.25) is 5.91 Å². The molecule has 7 nitrogen and oxygen atoms in total. The minimum atomic E-state index is -0.839. The highest BCUT2D eigenvalue weighted by Gasteiger charge is 2.15. The van der Waals surface area contributed by atoms with E-state index in [9.17, 15) is 14.7 Å². The van der Waals surface area contributed by atoms with Gasteiger partial charge in [0.05, 0.1) is 17.6 Å². The molecular formula is C20H23N3O4. The Bertz CT molecular complexity index is 989. The molecule has 0 saturated heterocycles. The number of aliphatic hydroxyl groups is 1. The molecule has 0 aliphatic rings. The van der Waals surface area contributed by atoms with E-state index in [1.54, 1.807) is 33.4 Å². The van der Waals surface area contributed by atoms with Crippen molar-refractivity contribution in [2.45, 2.75) is 33.0 Å². The maximum atomic E-state index is 12.6. The van der Waals surface area contributed by atoms with Gasteiger partial charge in [0.25, 0.3) is 0 Å². The number of carbonyl (C=O) groups excluding carboxylic acids is 1. The number of benzene rings is 2. The van der Waals surface area contributed by atoms with Gasteiger partial charge in [-0.15, -0.1) is 0 Å². The minimum absolute atomic E-state index is 0.0531. The summed E-state index contributed by atoms with van der Waals surface area (Å²) in [5, 5.41) is 13.0. The van der Waals surface area contributed by atoms with Crippen LogP contribution in [0.15, 0.2) is 53.3 Å². The van der Waals surface area contributed by atoms with Gasteiger partial charge in [0.15, 0.2) is 0 Å². The average molecular weight is 369 g/mol. The van der Waals surface area contributed by atoms with Gasteiger partial charge >= 0.3 is 5.69 Å². The second-order valence-corrected chi connectivity index (χ2v) is 6.30. The summed E-state index contributed by atoms with van der Waals surface area (Å²) in [4.78, 5) is 23.6. The molecule has 1 aromatic heterocycles. The van der Waals surface area contributed by atoms with Crippen molar-refractivity contribution in [3.63, 3.8) is 0 Å². The fraction of sp³-hybridized carbons (Fsp3) is 0.300. The number of aryl methyl sites for hydroxylation is 1. The third kappa shape index (κ3) is 4.20. The number of carbonyl (C=O) groups is 1.